The predicted molar refractivity (Wildman–Crippen MR) is 127 cm³/mol. The predicted octanol–water partition coefficient (Wildman–Crippen LogP) is 4.34. The van der Waals surface area contributed by atoms with Crippen LogP contribution in [-0.2, 0) is 0 Å². The molecule has 0 spiro atoms. The molecule has 4 rings (SSSR count). The molecule has 1 saturated heterocycles. The Morgan fingerprint density at radius 2 is 1.54 bits per heavy atom. The summed E-state index contributed by atoms with van der Waals surface area (Å²) in [5.74, 6) is -0.573. The van der Waals surface area contributed by atoms with Gasteiger partial charge in [0.15, 0.2) is 5.65 Å². The molecule has 0 radical (unpaired) electrons. The van der Waals surface area contributed by atoms with Crippen LogP contribution in [0.4, 0.5) is 8.78 Å². The highest BCUT2D eigenvalue weighted by atomic mass is 19.3. The summed E-state index contributed by atoms with van der Waals surface area (Å²) in [7, 11) is 0. The normalized spacial score (nSPS) is 14.4. The second-order valence-corrected chi connectivity index (χ2v) is 9.13. The van der Waals surface area contributed by atoms with E-state index in [4.69, 9.17) is 4.98 Å². The Balaban J connectivity index is 1.54. The van der Waals surface area contributed by atoms with Crippen molar-refractivity contribution in [2.45, 2.75) is 46.3 Å². The topological polar surface area (TPSA) is 80.6 Å². The number of hydrogen-bond acceptors (Lipinski definition) is 5. The number of ether oxygens (including phenoxy) is 1. The average Bonchev–Trinajstić information content (AvgIpc) is 3.27. The van der Waals surface area contributed by atoms with Crippen LogP contribution in [0.15, 0.2) is 36.5 Å². The lowest BCUT2D eigenvalue weighted by Crippen LogP contribution is -2.50. The summed E-state index contributed by atoms with van der Waals surface area (Å²) in [5, 5.41) is 5.15. The van der Waals surface area contributed by atoms with E-state index in [1.807, 2.05) is 38.4 Å². The molecule has 186 valence electrons. The lowest BCUT2D eigenvalue weighted by Gasteiger charge is -2.35. The lowest BCUT2D eigenvalue weighted by atomic mass is 10.0. The van der Waals surface area contributed by atoms with Crippen molar-refractivity contribution in [1.29, 1.82) is 0 Å². The summed E-state index contributed by atoms with van der Waals surface area (Å²) in [5.41, 5.74) is 2.11. The summed E-state index contributed by atoms with van der Waals surface area (Å²) >= 11 is 0. The van der Waals surface area contributed by atoms with Crippen molar-refractivity contribution in [2.75, 3.05) is 26.2 Å². The Bertz CT molecular complexity index is 1230. The van der Waals surface area contributed by atoms with Crippen LogP contribution in [0.2, 0.25) is 0 Å². The molecule has 3 aromatic rings. The molecular weight excluding hydrogens is 456 g/mol. The fourth-order valence-corrected chi connectivity index (χ4v) is 4.18. The molecule has 3 heterocycles. The van der Waals surface area contributed by atoms with Crippen LogP contribution in [0.1, 0.15) is 66.1 Å². The Kier molecular flexibility index (Phi) is 7.00. The van der Waals surface area contributed by atoms with E-state index in [2.05, 4.69) is 9.84 Å². The number of para-hydroxylation sites is 1. The van der Waals surface area contributed by atoms with Gasteiger partial charge >= 0.3 is 6.61 Å². The van der Waals surface area contributed by atoms with E-state index < -0.39 is 12.5 Å². The number of fused-ring (bicyclic) bond motifs is 1. The van der Waals surface area contributed by atoms with Crippen LogP contribution in [0.5, 0.6) is 5.75 Å². The second-order valence-electron chi connectivity index (χ2n) is 9.13. The Hall–Kier alpha value is -3.56. The zero-order valence-electron chi connectivity index (χ0n) is 20.2. The zero-order chi connectivity index (χ0) is 25.3. The standard InChI is InChI=1S/C25H29F2N5O3/c1-15(2)20-13-18(19-14-28-32(16(3)4)22(19)29-20)24(34)31-11-9-30(10-12-31)23(33)17-7-5-6-8-21(17)35-25(26)27/h5-8,13-16,25H,9-12H2,1-4H3. The third-order valence-corrected chi connectivity index (χ3v) is 6.09. The smallest absolute Gasteiger partial charge is 0.387 e. The van der Waals surface area contributed by atoms with Gasteiger partial charge in [0.05, 0.1) is 22.7 Å². The van der Waals surface area contributed by atoms with Gasteiger partial charge in [0.1, 0.15) is 5.75 Å². The van der Waals surface area contributed by atoms with Crippen molar-refractivity contribution < 1.29 is 23.1 Å². The first kappa shape index (κ1) is 24.6. The lowest BCUT2D eigenvalue weighted by molar-refractivity contribution is -0.0503. The van der Waals surface area contributed by atoms with E-state index in [1.165, 1.54) is 18.2 Å². The van der Waals surface area contributed by atoms with E-state index in [0.717, 1.165) is 5.69 Å². The van der Waals surface area contributed by atoms with E-state index in [1.54, 1.807) is 22.1 Å². The van der Waals surface area contributed by atoms with Crippen molar-refractivity contribution in [3.05, 3.63) is 53.3 Å². The highest BCUT2D eigenvalue weighted by Gasteiger charge is 2.29. The SMILES string of the molecule is CC(C)c1cc(C(=O)N2CCN(C(=O)c3ccccc3OC(F)F)CC2)c2cnn(C(C)C)c2n1. The van der Waals surface area contributed by atoms with Crippen LogP contribution < -0.4 is 4.74 Å². The molecule has 0 atom stereocenters. The van der Waals surface area contributed by atoms with Gasteiger partial charge in [0, 0.05) is 37.9 Å². The van der Waals surface area contributed by atoms with Crippen molar-refractivity contribution in [3.8, 4) is 5.75 Å². The molecule has 1 fully saturated rings. The Morgan fingerprint density at radius 1 is 0.943 bits per heavy atom. The molecule has 2 aromatic heterocycles. The average molecular weight is 486 g/mol. The number of carbonyl (C=O) groups excluding carboxylic acids is 2. The summed E-state index contributed by atoms with van der Waals surface area (Å²) in [4.78, 5) is 34.5. The van der Waals surface area contributed by atoms with Gasteiger partial charge in [-0.1, -0.05) is 26.0 Å². The first-order valence-electron chi connectivity index (χ1n) is 11.7. The molecule has 2 amide bonds. The van der Waals surface area contributed by atoms with E-state index in [9.17, 15) is 18.4 Å². The molecular formula is C25H29F2N5O3. The van der Waals surface area contributed by atoms with Gasteiger partial charge in [-0.15, -0.1) is 0 Å². The van der Waals surface area contributed by atoms with Crippen LogP contribution in [0.3, 0.4) is 0 Å². The third kappa shape index (κ3) is 4.96. The number of aromatic nitrogens is 3. The molecule has 8 nitrogen and oxygen atoms in total. The van der Waals surface area contributed by atoms with Gasteiger partial charge in [-0.05, 0) is 38.0 Å². The number of piperazine rings is 1. The second kappa shape index (κ2) is 9.97. The molecule has 0 aliphatic carbocycles. The number of halogens is 2. The van der Waals surface area contributed by atoms with E-state index in [0.29, 0.717) is 29.7 Å². The quantitative estimate of drug-likeness (QED) is 0.519. The van der Waals surface area contributed by atoms with Crippen LogP contribution in [0.25, 0.3) is 11.0 Å². The monoisotopic (exact) mass is 485 g/mol. The van der Waals surface area contributed by atoms with Crippen LogP contribution >= 0.6 is 0 Å². The maximum absolute atomic E-state index is 13.5. The van der Waals surface area contributed by atoms with Crippen molar-refractivity contribution in [1.82, 2.24) is 24.6 Å². The van der Waals surface area contributed by atoms with E-state index in [-0.39, 0.29) is 42.3 Å². The number of alkyl halides is 2. The van der Waals surface area contributed by atoms with Gasteiger partial charge in [0.2, 0.25) is 0 Å². The maximum Gasteiger partial charge on any atom is 0.387 e. The van der Waals surface area contributed by atoms with Gasteiger partial charge in [0.25, 0.3) is 11.8 Å². The molecule has 1 aliphatic rings. The Labute approximate surface area is 202 Å². The maximum atomic E-state index is 13.5. The number of pyridine rings is 1. The van der Waals surface area contributed by atoms with Crippen LogP contribution in [-0.4, -0.2) is 69.2 Å². The molecule has 1 aromatic carbocycles. The van der Waals surface area contributed by atoms with Gasteiger partial charge in [-0.25, -0.2) is 9.67 Å². The highest BCUT2D eigenvalue weighted by molar-refractivity contribution is 6.05. The molecule has 35 heavy (non-hydrogen) atoms. The van der Waals surface area contributed by atoms with Gasteiger partial charge in [-0.2, -0.15) is 13.9 Å². The third-order valence-electron chi connectivity index (χ3n) is 6.09. The first-order chi connectivity index (χ1) is 16.7. The van der Waals surface area contributed by atoms with Crippen molar-refractivity contribution >= 4 is 22.8 Å². The number of carbonyl (C=O) groups is 2. The Morgan fingerprint density at radius 3 is 2.11 bits per heavy atom. The number of benzene rings is 1. The number of amides is 2. The van der Waals surface area contributed by atoms with Crippen LogP contribution in [0, 0.1) is 0 Å². The molecule has 0 bridgehead atoms. The molecule has 1 aliphatic heterocycles. The number of rotatable bonds is 6. The summed E-state index contributed by atoms with van der Waals surface area (Å²) in [6.45, 7) is 6.26. The fourth-order valence-electron chi connectivity index (χ4n) is 4.18. The zero-order valence-corrected chi connectivity index (χ0v) is 20.2. The minimum absolute atomic E-state index is 0.0751. The van der Waals surface area contributed by atoms with E-state index >= 15 is 0 Å². The van der Waals surface area contributed by atoms with Crippen molar-refractivity contribution in [2.24, 2.45) is 0 Å². The largest absolute Gasteiger partial charge is 0.434 e. The minimum atomic E-state index is -3.02. The number of nitrogens with zero attached hydrogens (tertiary/aromatic N) is 5. The number of hydrogen-bond donors (Lipinski definition) is 0. The molecule has 0 N–H and O–H groups in total. The summed E-state index contributed by atoms with van der Waals surface area (Å²) in [6.07, 6.45) is 1.68. The molecule has 0 unspecified atom stereocenters. The summed E-state index contributed by atoms with van der Waals surface area (Å²) < 4.78 is 31.8. The molecule has 0 saturated carbocycles. The molecule has 10 heteroatoms. The fraction of sp³-hybridized carbons (Fsp3) is 0.440. The highest BCUT2D eigenvalue weighted by Crippen LogP contribution is 2.27. The minimum Gasteiger partial charge on any atom is -0.434 e. The van der Waals surface area contributed by atoms with Gasteiger partial charge in [-0.3, -0.25) is 9.59 Å². The van der Waals surface area contributed by atoms with Gasteiger partial charge < -0.3 is 14.5 Å². The summed E-state index contributed by atoms with van der Waals surface area (Å²) in [6, 6.07) is 7.87. The first-order valence-corrected chi connectivity index (χ1v) is 11.7. The van der Waals surface area contributed by atoms with Crippen molar-refractivity contribution in [3.63, 3.8) is 0 Å².